The van der Waals surface area contributed by atoms with Gasteiger partial charge in [-0.1, -0.05) is 0 Å². The van der Waals surface area contributed by atoms with E-state index in [9.17, 15) is 0 Å². The zero-order valence-electron chi connectivity index (χ0n) is 7.68. The zero-order chi connectivity index (χ0) is 11.5. The summed E-state index contributed by atoms with van der Waals surface area (Å²) in [7, 11) is 39.2. The van der Waals surface area contributed by atoms with Gasteiger partial charge in [-0.2, -0.15) is 0 Å². The summed E-state index contributed by atoms with van der Waals surface area (Å²) in [6, 6.07) is 0. The van der Waals surface area contributed by atoms with Gasteiger partial charge >= 0.3 is 116 Å². The molecule has 0 saturated heterocycles. The van der Waals surface area contributed by atoms with Crippen LogP contribution in [0.25, 0.3) is 0 Å². The van der Waals surface area contributed by atoms with E-state index in [2.05, 4.69) is 18.6 Å². The van der Waals surface area contributed by atoms with Crippen LogP contribution in [0.15, 0.2) is 0 Å². The van der Waals surface area contributed by atoms with Gasteiger partial charge in [0, 0.05) is 0 Å². The van der Waals surface area contributed by atoms with Crippen molar-refractivity contribution in [1.82, 2.24) is 0 Å². The summed E-state index contributed by atoms with van der Waals surface area (Å²) in [6.07, 6.45) is -1.71. The topological polar surface area (TPSA) is 0 Å². The molecule has 0 aromatic heterocycles. The second-order valence-electron chi connectivity index (χ2n) is 2.91. The predicted molar refractivity (Wildman–Crippen MR) is 97.1 cm³/mol. The van der Waals surface area contributed by atoms with E-state index < -0.39 is 34.6 Å². The number of halogens is 2. The first-order valence-corrected chi connectivity index (χ1v) is 12.7. The van der Waals surface area contributed by atoms with Gasteiger partial charge in [0.1, 0.15) is 0 Å². The molecule has 0 saturated carbocycles. The third-order valence-electron chi connectivity index (χ3n) is 1.58. The van der Waals surface area contributed by atoms with Gasteiger partial charge < -0.3 is 0 Å². The second kappa shape index (κ2) is 7.54. The van der Waals surface area contributed by atoms with Gasteiger partial charge in [0.15, 0.2) is 0 Å². The van der Waals surface area contributed by atoms with E-state index in [1.54, 1.807) is 0 Å². The van der Waals surface area contributed by atoms with E-state index in [1.165, 1.54) is 0 Å². The van der Waals surface area contributed by atoms with Crippen molar-refractivity contribution in [2.24, 2.45) is 0 Å². The average molecular weight is 384 g/mol. The van der Waals surface area contributed by atoms with Gasteiger partial charge in [-0.25, -0.2) is 0 Å². The molecule has 14 radical (unpaired) electrons. The van der Waals surface area contributed by atoms with Crippen molar-refractivity contribution < 1.29 is 0 Å². The van der Waals surface area contributed by atoms with Crippen molar-refractivity contribution in [3.05, 3.63) is 0 Å². The predicted octanol–water partition coefficient (Wildman–Crippen LogP) is -2.80. The van der Waals surface area contributed by atoms with Crippen LogP contribution in [0.2, 0.25) is 0 Å². The van der Waals surface area contributed by atoms with Crippen LogP contribution < -0.4 is 0 Å². The minimum absolute atomic E-state index is 0.163. The zero-order valence-corrected chi connectivity index (χ0v) is 12.0. The SMILES string of the molecule is [B]B([B])B([B])I(I)B(B([B])[B])B([B])[B]. The van der Waals surface area contributed by atoms with E-state index in [4.69, 9.17) is 54.2 Å². The molecule has 0 spiro atoms. The van der Waals surface area contributed by atoms with E-state index in [0.717, 1.165) is 0 Å². The summed E-state index contributed by atoms with van der Waals surface area (Å²) in [5.41, 5.74) is 0. The Balaban J connectivity index is 4.51. The van der Waals surface area contributed by atoms with Gasteiger partial charge in [-0.3, -0.25) is 0 Å². The van der Waals surface area contributed by atoms with Gasteiger partial charge in [-0.15, -0.1) is 0 Å². The fraction of sp³-hybridized carbons (Fsp3) is 0. The van der Waals surface area contributed by atoms with Gasteiger partial charge in [-0.05, 0) is 0 Å². The number of rotatable bonds is 5. The van der Waals surface area contributed by atoms with E-state index in [0.29, 0.717) is 0 Å². The molecule has 0 nitrogen and oxygen atoms in total. The standard InChI is InChI=1S/B12I2/c1-8(2)11(7)14(13)12(9(3)4)10(5)6. The average Bonchev–Trinajstić information content (AvgIpc) is 2.01. The molecule has 0 N–H and O–H groups in total. The molecular formula is B12I2. The molecule has 0 aliphatic carbocycles. The van der Waals surface area contributed by atoms with E-state index in [-0.39, 0.29) is 8.70 Å². The van der Waals surface area contributed by atoms with Gasteiger partial charge in [0.2, 0.25) is 0 Å². The van der Waals surface area contributed by atoms with Crippen molar-refractivity contribution in [2.75, 3.05) is 0 Å². The Bertz CT molecular complexity index is 144. The van der Waals surface area contributed by atoms with Crippen molar-refractivity contribution in [1.29, 1.82) is 0 Å². The van der Waals surface area contributed by atoms with Crippen molar-refractivity contribution in [3.8, 4) is 0 Å². The molecule has 14 heavy (non-hydrogen) atoms. The summed E-state index contributed by atoms with van der Waals surface area (Å²) in [6.45, 7) is 0. The summed E-state index contributed by atoms with van der Waals surface area (Å²) < 4.78 is -0.446. The Hall–Kier alpha value is 2.24. The van der Waals surface area contributed by atoms with E-state index in [1.807, 2.05) is 0 Å². The maximum atomic E-state index is 5.83. The molecule has 0 unspecified atom stereocenters. The third-order valence-corrected chi connectivity index (χ3v) is 14.1. The Morgan fingerprint density at radius 1 is 0.714 bits per heavy atom. The van der Waals surface area contributed by atoms with Crippen LogP contribution in [-0.4, -0.2) is 82.0 Å². The molecule has 0 heterocycles. The first-order chi connectivity index (χ1) is 6.29. The molecule has 0 aliphatic heterocycles. The Morgan fingerprint density at radius 2 is 1.07 bits per heavy atom. The third kappa shape index (κ3) is 5.05. The van der Waals surface area contributed by atoms with Gasteiger partial charge in [0.25, 0.3) is 0 Å². The van der Waals surface area contributed by atoms with Crippen LogP contribution >= 0.6 is 34.0 Å². The molecule has 14 heteroatoms. The Labute approximate surface area is 115 Å². The summed E-state index contributed by atoms with van der Waals surface area (Å²) in [5.74, 6) is 0. The van der Waals surface area contributed by atoms with Crippen molar-refractivity contribution in [3.63, 3.8) is 0 Å². The first kappa shape index (κ1) is 16.2. The molecule has 0 amide bonds. The van der Waals surface area contributed by atoms with Crippen LogP contribution in [0.1, 0.15) is 0 Å². The minimum atomic E-state index is -1.77. The molecule has 0 aromatic carbocycles. The monoisotopic (exact) mass is 386 g/mol. The van der Waals surface area contributed by atoms with Crippen LogP contribution in [0.3, 0.4) is 0 Å². The molecule has 0 rings (SSSR count). The second-order valence-corrected chi connectivity index (χ2v) is 13.8. The molecular weight excluding hydrogens is 384 g/mol. The molecule has 0 fully saturated rings. The number of hydrogen-bond donors (Lipinski definition) is 0. The van der Waals surface area contributed by atoms with Crippen LogP contribution in [-0.2, 0) is 0 Å². The fourth-order valence-corrected chi connectivity index (χ4v) is 10.5. The molecule has 0 atom stereocenters. The quantitative estimate of drug-likeness (QED) is 0.356. The molecule has 0 bridgehead atoms. The molecule has 50 valence electrons. The summed E-state index contributed by atoms with van der Waals surface area (Å²) >= 11 is 0.457. The van der Waals surface area contributed by atoms with Crippen LogP contribution in [0, 0.1) is 0 Å². The van der Waals surface area contributed by atoms with Crippen LogP contribution in [0.5, 0.6) is 0 Å². The maximum absolute atomic E-state index is 5.83. The van der Waals surface area contributed by atoms with Crippen LogP contribution in [0.4, 0.5) is 0 Å². The van der Waals surface area contributed by atoms with Crippen molar-refractivity contribution in [2.45, 2.75) is 0 Å². The summed E-state index contributed by atoms with van der Waals surface area (Å²) in [5, 5.41) is 0. The number of hydrogen-bond acceptors (Lipinski definition) is 0. The van der Waals surface area contributed by atoms with Crippen molar-refractivity contribution >= 4 is 116 Å². The molecule has 0 aliphatic rings. The van der Waals surface area contributed by atoms with Gasteiger partial charge in [0.05, 0.1) is 0 Å². The fourth-order valence-electron chi connectivity index (χ4n) is 0.842. The van der Waals surface area contributed by atoms with E-state index >= 15 is 0 Å². The summed E-state index contributed by atoms with van der Waals surface area (Å²) in [4.78, 5) is 0. The molecule has 0 aromatic rings. The Morgan fingerprint density at radius 3 is 1.29 bits per heavy atom. The Kier molecular flexibility index (Phi) is 8.75. The first-order valence-electron chi connectivity index (χ1n) is 3.91. The normalized spacial score (nSPS) is 10.2.